The minimum Gasteiger partial charge on any atom is -0.345 e. The van der Waals surface area contributed by atoms with E-state index in [-0.39, 0.29) is 23.2 Å². The Morgan fingerprint density at radius 1 is 1.29 bits per heavy atom. The number of hydrogen-bond acceptors (Lipinski definition) is 6. The number of carbonyl (C=O) groups excluding carboxylic acids is 1. The Morgan fingerprint density at radius 2 is 2.14 bits per heavy atom. The number of hydrogen-bond donors (Lipinski definition) is 2. The van der Waals surface area contributed by atoms with Gasteiger partial charge in [0.25, 0.3) is 11.6 Å². The van der Waals surface area contributed by atoms with Gasteiger partial charge >= 0.3 is 0 Å². The molecule has 0 saturated heterocycles. The van der Waals surface area contributed by atoms with Crippen molar-refractivity contribution in [3.63, 3.8) is 0 Å². The lowest BCUT2D eigenvalue weighted by atomic mass is 9.87. The molecule has 3 aromatic rings. The molecular formula is C19H17N5O3S. The number of non-ortho nitro benzene ring substituents is 1. The first-order valence-electron chi connectivity index (χ1n) is 8.82. The molecule has 1 aliphatic carbocycles. The SMILES string of the molecule is O=C(N[C@H]1CCCc2ccccc21)c1cc([N+](=O)[O-])ccc1Sc1ncn[nH]1. The van der Waals surface area contributed by atoms with Crippen molar-refractivity contribution in [2.45, 2.75) is 35.4 Å². The molecule has 1 amide bonds. The van der Waals surface area contributed by atoms with Crippen LogP contribution in [-0.2, 0) is 6.42 Å². The normalized spacial score (nSPS) is 15.6. The van der Waals surface area contributed by atoms with E-state index in [9.17, 15) is 14.9 Å². The summed E-state index contributed by atoms with van der Waals surface area (Å²) in [5, 5.41) is 21.3. The van der Waals surface area contributed by atoms with Gasteiger partial charge in [-0.25, -0.2) is 4.98 Å². The van der Waals surface area contributed by atoms with Gasteiger partial charge in [-0.3, -0.25) is 20.0 Å². The highest BCUT2D eigenvalue weighted by atomic mass is 32.2. The van der Waals surface area contributed by atoms with Crippen molar-refractivity contribution in [1.82, 2.24) is 20.5 Å². The number of aromatic nitrogens is 3. The molecule has 4 rings (SSSR count). The van der Waals surface area contributed by atoms with E-state index in [1.807, 2.05) is 18.2 Å². The highest BCUT2D eigenvalue weighted by Gasteiger charge is 2.24. The maximum Gasteiger partial charge on any atom is 0.270 e. The molecule has 28 heavy (non-hydrogen) atoms. The Balaban J connectivity index is 1.64. The van der Waals surface area contributed by atoms with Crippen molar-refractivity contribution in [3.05, 3.63) is 75.6 Å². The minimum absolute atomic E-state index is 0.111. The molecule has 0 unspecified atom stereocenters. The molecule has 9 heteroatoms. The minimum atomic E-state index is -0.504. The van der Waals surface area contributed by atoms with Gasteiger partial charge in [0, 0.05) is 17.0 Å². The number of aryl methyl sites for hydroxylation is 1. The maximum absolute atomic E-state index is 13.1. The number of H-pyrrole nitrogens is 1. The van der Waals surface area contributed by atoms with Gasteiger partial charge in [-0.05, 0) is 48.2 Å². The lowest BCUT2D eigenvalue weighted by Crippen LogP contribution is -2.31. The smallest absolute Gasteiger partial charge is 0.270 e. The predicted octanol–water partition coefficient (Wildman–Crippen LogP) is 3.67. The van der Waals surface area contributed by atoms with Crippen LogP contribution in [0.2, 0.25) is 0 Å². The fraction of sp³-hybridized carbons (Fsp3) is 0.211. The molecule has 0 aliphatic heterocycles. The largest absolute Gasteiger partial charge is 0.345 e. The number of nitrogens with zero attached hydrogens (tertiary/aromatic N) is 3. The first-order chi connectivity index (χ1) is 13.6. The summed E-state index contributed by atoms with van der Waals surface area (Å²) in [4.78, 5) is 28.4. The van der Waals surface area contributed by atoms with E-state index >= 15 is 0 Å². The number of nitro benzene ring substituents is 1. The van der Waals surface area contributed by atoms with Gasteiger partial charge in [-0.2, -0.15) is 5.10 Å². The fourth-order valence-corrected chi connectivity index (χ4v) is 4.19. The zero-order valence-electron chi connectivity index (χ0n) is 14.8. The molecule has 0 radical (unpaired) electrons. The van der Waals surface area contributed by atoms with E-state index in [4.69, 9.17) is 0 Å². The first kappa shape index (κ1) is 18.2. The molecule has 142 valence electrons. The van der Waals surface area contributed by atoms with Gasteiger partial charge in [-0.15, -0.1) is 0 Å². The van der Waals surface area contributed by atoms with Crippen LogP contribution < -0.4 is 5.32 Å². The van der Waals surface area contributed by atoms with Crippen LogP contribution in [0.1, 0.15) is 40.4 Å². The molecule has 0 bridgehead atoms. The van der Waals surface area contributed by atoms with Crippen molar-refractivity contribution in [3.8, 4) is 0 Å². The van der Waals surface area contributed by atoms with Gasteiger partial charge in [-0.1, -0.05) is 24.3 Å². The van der Waals surface area contributed by atoms with E-state index in [0.29, 0.717) is 10.1 Å². The topological polar surface area (TPSA) is 114 Å². The molecular weight excluding hydrogens is 378 g/mol. The summed E-state index contributed by atoms with van der Waals surface area (Å²) < 4.78 is 0. The highest BCUT2D eigenvalue weighted by Crippen LogP contribution is 2.33. The average molecular weight is 395 g/mol. The number of amides is 1. The summed E-state index contributed by atoms with van der Waals surface area (Å²) >= 11 is 1.20. The standard InChI is InChI=1S/C19H17N5O3S/c25-18(22-16-7-3-5-12-4-1-2-6-14(12)16)15-10-13(24(26)27)8-9-17(15)28-19-20-11-21-23-19/h1-2,4,6,8-11,16H,3,5,7H2,(H,22,25)(H,20,21,23)/t16-/m0/s1. The third-order valence-corrected chi connectivity index (χ3v) is 5.66. The van der Waals surface area contributed by atoms with Gasteiger partial charge in [0.15, 0.2) is 5.16 Å². The molecule has 1 heterocycles. The third kappa shape index (κ3) is 3.74. The zero-order chi connectivity index (χ0) is 19.5. The summed E-state index contributed by atoms with van der Waals surface area (Å²) in [5.41, 5.74) is 2.46. The van der Waals surface area contributed by atoms with Crippen molar-refractivity contribution in [2.24, 2.45) is 0 Å². The van der Waals surface area contributed by atoms with E-state index in [1.165, 1.54) is 35.8 Å². The number of benzene rings is 2. The highest BCUT2D eigenvalue weighted by molar-refractivity contribution is 7.99. The summed E-state index contributed by atoms with van der Waals surface area (Å²) in [5.74, 6) is -0.340. The molecule has 0 saturated carbocycles. The van der Waals surface area contributed by atoms with Crippen molar-refractivity contribution in [2.75, 3.05) is 0 Å². The molecule has 8 nitrogen and oxygen atoms in total. The van der Waals surface area contributed by atoms with Crippen LogP contribution >= 0.6 is 11.8 Å². The van der Waals surface area contributed by atoms with Crippen LogP contribution in [-0.4, -0.2) is 26.0 Å². The van der Waals surface area contributed by atoms with Crippen LogP contribution in [0.25, 0.3) is 0 Å². The van der Waals surface area contributed by atoms with Crippen molar-refractivity contribution >= 4 is 23.4 Å². The summed E-state index contributed by atoms with van der Waals surface area (Å²) in [6, 6.07) is 12.2. The van der Waals surface area contributed by atoms with Gasteiger partial charge < -0.3 is 5.32 Å². The number of nitro groups is 1. The number of rotatable bonds is 5. The second kappa shape index (κ2) is 7.81. The molecule has 1 aromatic heterocycles. The summed E-state index contributed by atoms with van der Waals surface area (Å²) in [7, 11) is 0. The first-order valence-corrected chi connectivity index (χ1v) is 9.64. The quantitative estimate of drug-likeness (QED) is 0.503. The van der Waals surface area contributed by atoms with E-state index in [0.717, 1.165) is 24.8 Å². The average Bonchev–Trinajstić information content (AvgIpc) is 3.21. The van der Waals surface area contributed by atoms with E-state index in [1.54, 1.807) is 6.07 Å². The van der Waals surface area contributed by atoms with Gasteiger partial charge in [0.05, 0.1) is 16.5 Å². The third-order valence-electron chi connectivity index (χ3n) is 4.69. The van der Waals surface area contributed by atoms with E-state index in [2.05, 4.69) is 26.6 Å². The Kier molecular flexibility index (Phi) is 5.07. The number of fused-ring (bicyclic) bond motifs is 1. The van der Waals surface area contributed by atoms with Crippen LogP contribution in [0, 0.1) is 10.1 Å². The second-order valence-corrected chi connectivity index (χ2v) is 7.48. The monoisotopic (exact) mass is 395 g/mol. The van der Waals surface area contributed by atoms with Crippen molar-refractivity contribution < 1.29 is 9.72 Å². The lowest BCUT2D eigenvalue weighted by molar-refractivity contribution is -0.384. The molecule has 2 aromatic carbocycles. The fourth-order valence-electron chi connectivity index (χ4n) is 3.39. The summed E-state index contributed by atoms with van der Waals surface area (Å²) in [6.07, 6.45) is 4.18. The van der Waals surface area contributed by atoms with Crippen LogP contribution in [0.5, 0.6) is 0 Å². The Morgan fingerprint density at radius 3 is 2.93 bits per heavy atom. The number of nitrogens with one attached hydrogen (secondary N) is 2. The lowest BCUT2D eigenvalue weighted by Gasteiger charge is -2.26. The Hall–Kier alpha value is -3.20. The maximum atomic E-state index is 13.1. The van der Waals surface area contributed by atoms with Gasteiger partial charge in [0.1, 0.15) is 6.33 Å². The van der Waals surface area contributed by atoms with Crippen LogP contribution in [0.3, 0.4) is 0 Å². The molecule has 1 atom stereocenters. The number of carbonyl (C=O) groups is 1. The van der Waals surface area contributed by atoms with Crippen molar-refractivity contribution in [1.29, 1.82) is 0 Å². The number of aromatic amines is 1. The van der Waals surface area contributed by atoms with Gasteiger partial charge in [0.2, 0.25) is 0 Å². The Bertz CT molecular complexity index is 1020. The van der Waals surface area contributed by atoms with Crippen LogP contribution in [0.4, 0.5) is 5.69 Å². The van der Waals surface area contributed by atoms with Crippen LogP contribution in [0.15, 0.2) is 58.8 Å². The Labute approximate surface area is 164 Å². The molecule has 0 spiro atoms. The summed E-state index contributed by atoms with van der Waals surface area (Å²) in [6.45, 7) is 0. The zero-order valence-corrected chi connectivity index (χ0v) is 15.6. The predicted molar refractivity (Wildman–Crippen MR) is 103 cm³/mol. The molecule has 0 fully saturated rings. The molecule has 1 aliphatic rings. The second-order valence-electron chi connectivity index (χ2n) is 6.45. The molecule has 2 N–H and O–H groups in total. The van der Waals surface area contributed by atoms with E-state index < -0.39 is 4.92 Å².